The van der Waals surface area contributed by atoms with Gasteiger partial charge in [-0.1, -0.05) is 24.6 Å². The van der Waals surface area contributed by atoms with Crippen molar-refractivity contribution in [3.05, 3.63) is 42.1 Å². The van der Waals surface area contributed by atoms with Crippen LogP contribution in [-0.2, 0) is 28.8 Å². The number of sulfonamides is 1. The Morgan fingerprint density at radius 3 is 2.58 bits per heavy atom. The number of hydrogen-bond donors (Lipinski definition) is 3. The predicted molar refractivity (Wildman–Crippen MR) is 165 cm³/mol. The molecule has 0 radical (unpaired) electrons. The molecule has 3 heterocycles. The minimum Gasteiger partial charge on any atom is -0.462 e. The van der Waals surface area contributed by atoms with E-state index in [9.17, 15) is 13.2 Å². The zero-order chi connectivity index (χ0) is 31.5. The number of rotatable bonds is 13. The van der Waals surface area contributed by atoms with Gasteiger partial charge in [-0.2, -0.15) is 9.97 Å². The van der Waals surface area contributed by atoms with Gasteiger partial charge in [-0.3, -0.25) is 9.80 Å². The summed E-state index contributed by atoms with van der Waals surface area (Å²) in [6, 6.07) is 8.70. The van der Waals surface area contributed by atoms with Gasteiger partial charge in [-0.15, -0.1) is 4.83 Å². The monoisotopic (exact) mass is 637 g/mol. The Bertz CT molecular complexity index is 1520. The van der Waals surface area contributed by atoms with E-state index < -0.39 is 36.8 Å². The maximum atomic E-state index is 12.5. The Labute approximate surface area is 253 Å². The largest absolute Gasteiger partial charge is 0.462 e. The average molecular weight is 638 g/mol. The molecule has 1 saturated heterocycles. The molecule has 1 aliphatic heterocycles. The molecule has 236 valence electrons. The molecule has 1 fully saturated rings. The molecule has 1 aliphatic rings. The molecule has 0 amide bonds. The van der Waals surface area contributed by atoms with Crippen LogP contribution in [0.4, 0.5) is 11.8 Å². The second-order valence-electron chi connectivity index (χ2n) is 10.9. The Morgan fingerprint density at radius 1 is 1.23 bits per heavy atom. The fourth-order valence-electron chi connectivity index (χ4n) is 4.63. The van der Waals surface area contributed by atoms with Gasteiger partial charge in [0.05, 0.1) is 30.5 Å². The van der Waals surface area contributed by atoms with Crippen LogP contribution in [0.1, 0.15) is 45.9 Å². The minimum atomic E-state index is -3.54. The predicted octanol–water partition coefficient (Wildman–Crippen LogP) is 3.40. The Kier molecular flexibility index (Phi) is 10.5. The Hall–Kier alpha value is -3.07. The second kappa shape index (κ2) is 13.7. The smallest absolute Gasteiger partial charge is 0.323 e. The summed E-state index contributed by atoms with van der Waals surface area (Å²) in [5.74, 6) is 0.585. The summed E-state index contributed by atoms with van der Waals surface area (Å²) in [7, 11) is -3.73. The summed E-state index contributed by atoms with van der Waals surface area (Å²) in [6.45, 7) is 9.55. The van der Waals surface area contributed by atoms with Crippen LogP contribution in [0.2, 0.25) is 0 Å². The summed E-state index contributed by atoms with van der Waals surface area (Å²) in [5.41, 5.74) is 7.60. The van der Waals surface area contributed by atoms with Gasteiger partial charge < -0.3 is 28.8 Å². The molecule has 0 spiro atoms. The highest BCUT2D eigenvalue weighted by Crippen LogP contribution is 2.41. The van der Waals surface area contributed by atoms with Crippen LogP contribution in [0.3, 0.4) is 0 Å². The molecule has 43 heavy (non-hydrogen) atoms. The second-order valence-corrected chi connectivity index (χ2v) is 13.9. The number of anilines is 2. The first-order valence-corrected chi connectivity index (χ1v) is 16.9. The van der Waals surface area contributed by atoms with E-state index in [1.807, 2.05) is 42.0 Å². The van der Waals surface area contributed by atoms with E-state index in [0.717, 1.165) is 11.8 Å². The first-order valence-electron chi connectivity index (χ1n) is 13.8. The van der Waals surface area contributed by atoms with Crippen molar-refractivity contribution in [2.24, 2.45) is 5.92 Å². The van der Waals surface area contributed by atoms with E-state index >= 15 is 0 Å². The number of carbonyl (C=O) groups excluding carboxylic acids is 1. The van der Waals surface area contributed by atoms with Gasteiger partial charge in [0.2, 0.25) is 16.0 Å². The quantitative estimate of drug-likeness (QED) is 0.142. The van der Waals surface area contributed by atoms with Crippen LogP contribution in [0.25, 0.3) is 11.0 Å². The van der Waals surface area contributed by atoms with Gasteiger partial charge in [0.15, 0.2) is 5.82 Å². The number of hydrogen-bond acceptors (Lipinski definition) is 12. The van der Waals surface area contributed by atoms with Gasteiger partial charge in [0.25, 0.3) is 0 Å². The number of esters is 1. The van der Waals surface area contributed by atoms with Crippen LogP contribution in [-0.4, -0.2) is 67.1 Å². The number of aromatic nitrogens is 3. The SMILES string of the molecule is Cc1ccc(OP(NC(C)C(=O)OC(C)C)OCC2CC(C)C(n3ccc4c(N(C)NS(C)(=O)=O)nc(N)nc43)O2)cc1. The lowest BCUT2D eigenvalue weighted by Gasteiger charge is -2.24. The van der Waals surface area contributed by atoms with Crippen molar-refractivity contribution in [1.29, 1.82) is 0 Å². The van der Waals surface area contributed by atoms with Crippen LogP contribution in [0, 0.1) is 12.8 Å². The number of nitrogens with one attached hydrogen (secondary N) is 2. The minimum absolute atomic E-state index is 0.00906. The normalized spacial score (nSPS) is 20.3. The molecule has 4 N–H and O–H groups in total. The molecule has 16 heteroatoms. The number of carbonyl (C=O) groups is 1. The molecule has 1 aromatic carbocycles. The number of hydrazine groups is 1. The van der Waals surface area contributed by atoms with Crippen molar-refractivity contribution in [2.75, 3.05) is 30.7 Å². The van der Waals surface area contributed by atoms with Crippen molar-refractivity contribution in [1.82, 2.24) is 24.5 Å². The zero-order valence-electron chi connectivity index (χ0n) is 25.3. The molecule has 5 atom stereocenters. The number of ether oxygens (including phenoxy) is 2. The summed E-state index contributed by atoms with van der Waals surface area (Å²) in [6.07, 6.45) is 2.64. The summed E-state index contributed by atoms with van der Waals surface area (Å²) in [4.78, 5) is 23.5. The third kappa shape index (κ3) is 8.74. The van der Waals surface area contributed by atoms with Gasteiger partial charge in [0.1, 0.15) is 23.7 Å². The average Bonchev–Trinajstić information content (AvgIpc) is 3.49. The van der Waals surface area contributed by atoms with E-state index in [4.69, 9.17) is 24.3 Å². The van der Waals surface area contributed by atoms with Crippen molar-refractivity contribution in [3.8, 4) is 5.75 Å². The fraction of sp³-hybridized carbons (Fsp3) is 0.519. The molecular formula is C27H40N7O7PS. The molecule has 4 rings (SSSR count). The molecule has 0 bridgehead atoms. The first-order chi connectivity index (χ1) is 20.2. The van der Waals surface area contributed by atoms with Gasteiger partial charge in [-0.05, 0) is 52.3 Å². The van der Waals surface area contributed by atoms with Gasteiger partial charge >= 0.3 is 14.5 Å². The Balaban J connectivity index is 1.48. The summed E-state index contributed by atoms with van der Waals surface area (Å²) in [5, 5.41) is 5.01. The van der Waals surface area contributed by atoms with Crippen LogP contribution < -0.4 is 25.2 Å². The number of benzene rings is 1. The maximum absolute atomic E-state index is 12.5. The topological polar surface area (TPSA) is 172 Å². The van der Waals surface area contributed by atoms with Crippen molar-refractivity contribution < 1.29 is 31.7 Å². The van der Waals surface area contributed by atoms with Crippen LogP contribution >= 0.6 is 8.53 Å². The molecule has 0 aliphatic carbocycles. The number of nitrogens with zero attached hydrogens (tertiary/aromatic N) is 4. The van der Waals surface area contributed by atoms with Crippen molar-refractivity contribution in [3.63, 3.8) is 0 Å². The lowest BCUT2D eigenvalue weighted by molar-refractivity contribution is -0.149. The third-order valence-electron chi connectivity index (χ3n) is 6.51. The highest BCUT2D eigenvalue weighted by atomic mass is 32.2. The summed E-state index contributed by atoms with van der Waals surface area (Å²) < 4.78 is 49.5. The van der Waals surface area contributed by atoms with Gasteiger partial charge in [0, 0.05) is 19.2 Å². The fourth-order valence-corrected chi connectivity index (χ4v) is 6.43. The first kappa shape index (κ1) is 32.8. The number of nitrogens with two attached hydrogens (primary N) is 1. The molecule has 2 aromatic heterocycles. The van der Waals surface area contributed by atoms with E-state index in [2.05, 4.69) is 26.8 Å². The standard InChI is InChI=1S/C27H40N7O7PS/c1-16(2)39-26(35)19(5)31-42(41-20-10-8-17(3)9-11-20)38-15-21-14-18(4)25(40-21)34-13-12-22-23(29-27(28)30-24(22)34)33(6)32-43(7,36)37/h8-13,16,18-19,21,25,31-32H,14-15H2,1-7H3,(H2,28,29,30). The van der Waals surface area contributed by atoms with E-state index in [-0.39, 0.29) is 30.7 Å². The maximum Gasteiger partial charge on any atom is 0.323 e. The van der Waals surface area contributed by atoms with Crippen LogP contribution in [0.5, 0.6) is 5.75 Å². The third-order valence-corrected chi connectivity index (χ3v) is 8.47. The molecule has 5 unspecified atom stereocenters. The van der Waals surface area contributed by atoms with Gasteiger partial charge in [-0.25, -0.2) is 13.5 Å². The molecule has 14 nitrogen and oxygen atoms in total. The number of aryl methyl sites for hydroxylation is 1. The number of fused-ring (bicyclic) bond motifs is 1. The molecule has 3 aromatic rings. The molecular weight excluding hydrogens is 597 g/mol. The highest BCUT2D eigenvalue weighted by molar-refractivity contribution is 7.88. The van der Waals surface area contributed by atoms with E-state index in [1.54, 1.807) is 26.8 Å². The molecule has 0 saturated carbocycles. The lowest BCUT2D eigenvalue weighted by atomic mass is 10.1. The number of nitrogen functional groups attached to an aromatic ring is 1. The van der Waals surface area contributed by atoms with Crippen molar-refractivity contribution >= 4 is 47.3 Å². The van der Waals surface area contributed by atoms with Crippen LogP contribution in [0.15, 0.2) is 36.5 Å². The zero-order valence-corrected chi connectivity index (χ0v) is 27.1. The lowest BCUT2D eigenvalue weighted by Crippen LogP contribution is -2.39. The van der Waals surface area contributed by atoms with E-state index in [1.165, 1.54) is 12.1 Å². The van der Waals surface area contributed by atoms with E-state index in [0.29, 0.717) is 29.0 Å². The summed E-state index contributed by atoms with van der Waals surface area (Å²) >= 11 is 0. The van der Waals surface area contributed by atoms with Crippen molar-refractivity contribution in [2.45, 2.75) is 65.5 Å². The Morgan fingerprint density at radius 2 is 1.93 bits per heavy atom. The highest BCUT2D eigenvalue weighted by Gasteiger charge is 2.36.